The van der Waals surface area contributed by atoms with Crippen molar-refractivity contribution >= 4 is 41.5 Å². The first-order valence-corrected chi connectivity index (χ1v) is 18.2. The minimum atomic E-state index is -3.83. The molecular formula is C34H44ClO3PS2. The van der Waals surface area contributed by atoms with Gasteiger partial charge in [-0.15, -0.1) is 0 Å². The van der Waals surface area contributed by atoms with Crippen molar-refractivity contribution in [1.29, 1.82) is 0 Å². The molecule has 3 nitrogen and oxygen atoms in total. The van der Waals surface area contributed by atoms with Gasteiger partial charge in [-0.3, -0.25) is 0 Å². The summed E-state index contributed by atoms with van der Waals surface area (Å²) in [6.45, 7) is 22.5. The smallest absolute Gasteiger partial charge is 0.407 e. The van der Waals surface area contributed by atoms with Crippen molar-refractivity contribution in [3.63, 3.8) is 0 Å². The van der Waals surface area contributed by atoms with Gasteiger partial charge in [0.25, 0.3) is 0 Å². The molecule has 0 radical (unpaired) electrons. The molecule has 0 fully saturated rings. The van der Waals surface area contributed by atoms with Crippen LogP contribution in [-0.4, -0.2) is 0 Å². The van der Waals surface area contributed by atoms with Crippen LogP contribution in [0.5, 0.6) is 11.5 Å². The van der Waals surface area contributed by atoms with Gasteiger partial charge in [0.1, 0.15) is 11.5 Å². The first-order chi connectivity index (χ1) is 18.6. The quantitative estimate of drug-likeness (QED) is 0.263. The van der Waals surface area contributed by atoms with E-state index in [0.717, 1.165) is 37.2 Å². The maximum absolute atomic E-state index is 15.0. The highest BCUT2D eigenvalue weighted by molar-refractivity contribution is 8.55. The Morgan fingerprint density at radius 2 is 1.02 bits per heavy atom. The molecule has 1 aliphatic heterocycles. The Balaban J connectivity index is 2.08. The summed E-state index contributed by atoms with van der Waals surface area (Å²) in [7, 11) is 0. The van der Waals surface area contributed by atoms with E-state index in [0.29, 0.717) is 16.5 Å². The summed E-state index contributed by atoms with van der Waals surface area (Å²) in [5.41, 5.74) is 3.78. The van der Waals surface area contributed by atoms with Crippen molar-refractivity contribution in [1.82, 2.24) is 0 Å². The van der Waals surface area contributed by atoms with Crippen LogP contribution in [0.25, 0.3) is 0 Å². The summed E-state index contributed by atoms with van der Waals surface area (Å²) >= 11 is 8.95. The van der Waals surface area contributed by atoms with Gasteiger partial charge in [0, 0.05) is 32.4 Å². The number of hydrogen-bond donors (Lipinski definition) is 0. The fourth-order valence-corrected chi connectivity index (χ4v) is 9.17. The lowest BCUT2D eigenvalue weighted by molar-refractivity contribution is 0.385. The number of benzene rings is 3. The molecule has 0 aromatic heterocycles. The van der Waals surface area contributed by atoms with E-state index in [1.165, 1.54) is 11.1 Å². The van der Waals surface area contributed by atoms with E-state index < -0.39 is 6.80 Å². The lowest BCUT2D eigenvalue weighted by atomic mass is 9.80. The van der Waals surface area contributed by atoms with Gasteiger partial charge in [0.15, 0.2) is 0 Å². The third-order valence-electron chi connectivity index (χ3n) is 7.11. The molecule has 0 spiro atoms. The van der Waals surface area contributed by atoms with Gasteiger partial charge in [0.05, 0.1) is 9.79 Å². The van der Waals surface area contributed by atoms with E-state index in [4.69, 9.17) is 20.6 Å². The lowest BCUT2D eigenvalue weighted by Gasteiger charge is -2.34. The number of rotatable bonds is 2. The Morgan fingerprint density at radius 1 is 0.634 bits per heavy atom. The van der Waals surface area contributed by atoms with Crippen LogP contribution in [0.3, 0.4) is 0 Å². The molecule has 41 heavy (non-hydrogen) atoms. The highest BCUT2D eigenvalue weighted by Crippen LogP contribution is 2.67. The summed E-state index contributed by atoms with van der Waals surface area (Å²) < 4.78 is 28.3. The minimum absolute atomic E-state index is 0.0805. The summed E-state index contributed by atoms with van der Waals surface area (Å²) in [5.74, 6) is 1.26. The molecule has 4 rings (SSSR count). The van der Waals surface area contributed by atoms with Gasteiger partial charge in [-0.05, 0) is 69.2 Å². The average Bonchev–Trinajstić information content (AvgIpc) is 2.78. The van der Waals surface area contributed by atoms with Gasteiger partial charge in [0.2, 0.25) is 0 Å². The Hall–Kier alpha value is -1.52. The second-order valence-electron chi connectivity index (χ2n) is 15.0. The van der Waals surface area contributed by atoms with Gasteiger partial charge >= 0.3 is 6.80 Å². The average molecular weight is 631 g/mol. The molecule has 3 aromatic carbocycles. The monoisotopic (exact) mass is 630 g/mol. The van der Waals surface area contributed by atoms with Crippen LogP contribution in [0.2, 0.25) is 5.02 Å². The van der Waals surface area contributed by atoms with Gasteiger partial charge < -0.3 is 9.05 Å². The first kappa shape index (κ1) is 32.4. The lowest BCUT2D eigenvalue weighted by Crippen LogP contribution is -2.20. The predicted molar refractivity (Wildman–Crippen MR) is 178 cm³/mol. The molecule has 0 aliphatic carbocycles. The Kier molecular flexibility index (Phi) is 8.60. The van der Waals surface area contributed by atoms with Crippen LogP contribution in [0.15, 0.2) is 63.2 Å². The molecule has 0 atom stereocenters. The number of hydrogen-bond acceptors (Lipinski definition) is 5. The minimum Gasteiger partial charge on any atom is -0.407 e. The Bertz CT molecular complexity index is 1410. The molecule has 7 heteroatoms. The van der Waals surface area contributed by atoms with Gasteiger partial charge in [-0.25, -0.2) is 4.57 Å². The zero-order valence-electron chi connectivity index (χ0n) is 26.5. The molecule has 222 valence electrons. The highest BCUT2D eigenvalue weighted by Gasteiger charge is 2.40. The number of halogens is 1. The summed E-state index contributed by atoms with van der Waals surface area (Å²) in [5, 5.41) is 0.619. The molecule has 1 aliphatic rings. The fourth-order valence-electron chi connectivity index (χ4n) is 4.55. The van der Waals surface area contributed by atoms with E-state index in [9.17, 15) is 4.57 Å². The zero-order chi connectivity index (χ0) is 30.8. The van der Waals surface area contributed by atoms with E-state index in [1.807, 2.05) is 12.1 Å². The second-order valence-corrected chi connectivity index (χ2v) is 20.3. The predicted octanol–water partition coefficient (Wildman–Crippen LogP) is 12.4. The normalized spacial score (nSPS) is 15.6. The summed E-state index contributed by atoms with van der Waals surface area (Å²) in [4.78, 5) is 2.67. The molecule has 0 unspecified atom stereocenters. The zero-order valence-corrected chi connectivity index (χ0v) is 29.8. The van der Waals surface area contributed by atoms with E-state index in [1.54, 1.807) is 23.9 Å². The van der Waals surface area contributed by atoms with Crippen LogP contribution < -0.4 is 9.05 Å². The van der Waals surface area contributed by atoms with E-state index >= 15 is 0 Å². The Morgan fingerprint density at radius 3 is 1.37 bits per heavy atom. The molecule has 0 bridgehead atoms. The maximum atomic E-state index is 15.0. The third kappa shape index (κ3) is 7.35. The van der Waals surface area contributed by atoms with Crippen molar-refractivity contribution < 1.29 is 13.6 Å². The topological polar surface area (TPSA) is 35.5 Å². The van der Waals surface area contributed by atoms with Crippen molar-refractivity contribution in [2.45, 2.75) is 119 Å². The van der Waals surface area contributed by atoms with Crippen LogP contribution in [-0.2, 0) is 26.2 Å². The molecule has 3 aromatic rings. The van der Waals surface area contributed by atoms with Crippen molar-refractivity contribution in [3.05, 3.63) is 75.8 Å². The van der Waals surface area contributed by atoms with E-state index in [-0.39, 0.29) is 21.7 Å². The van der Waals surface area contributed by atoms with Crippen LogP contribution in [0.1, 0.15) is 105 Å². The van der Waals surface area contributed by atoms with Crippen LogP contribution in [0, 0.1) is 0 Å². The molecule has 1 heterocycles. The molecule has 0 N–H and O–H groups in total. The van der Waals surface area contributed by atoms with Crippen molar-refractivity contribution in [3.8, 4) is 11.5 Å². The largest absolute Gasteiger partial charge is 0.497 e. The summed E-state index contributed by atoms with van der Waals surface area (Å²) in [6, 6.07) is 16.2. The van der Waals surface area contributed by atoms with Crippen molar-refractivity contribution in [2.24, 2.45) is 0 Å². The molecule has 0 saturated heterocycles. The van der Waals surface area contributed by atoms with Crippen molar-refractivity contribution in [2.75, 3.05) is 0 Å². The molecular weight excluding hydrogens is 587 g/mol. The maximum Gasteiger partial charge on any atom is 0.497 e. The SMILES string of the molecule is CC(C)(C)c1cc2c(c(C(C)(C)C)c1)OP(=O)(Sc1ccc(Cl)cc1)Oc1c(cc(C(C)(C)C)cc1C(C)(C)C)S2. The first-order valence-electron chi connectivity index (χ1n) is 14.1. The van der Waals surface area contributed by atoms with E-state index in [2.05, 4.69) is 107 Å². The van der Waals surface area contributed by atoms with Crippen LogP contribution in [0.4, 0.5) is 0 Å². The van der Waals surface area contributed by atoms with Crippen LogP contribution >= 0.6 is 41.5 Å². The summed E-state index contributed by atoms with van der Waals surface area (Å²) in [6.07, 6.45) is 0. The third-order valence-corrected chi connectivity index (χ3v) is 11.7. The second kappa shape index (κ2) is 10.9. The fraction of sp³-hybridized carbons (Fsp3) is 0.471. The van der Waals surface area contributed by atoms with Gasteiger partial charge in [-0.1, -0.05) is 119 Å². The Labute approximate surface area is 260 Å². The highest BCUT2D eigenvalue weighted by atomic mass is 35.5. The standard InChI is InChI=1S/C34H44ClO3PS2/c1-31(2,3)21-17-25(33(7,8)9)29-27(19-21)40-28-20-22(32(4,5)6)18-26(34(10,11)12)30(28)38-39(36,37-29)41-24-15-13-23(35)14-16-24/h13-20H,1-12H3. The number of fused-ring (bicyclic) bond motifs is 2. The molecule has 0 saturated carbocycles. The van der Waals surface area contributed by atoms with Gasteiger partial charge in [-0.2, -0.15) is 0 Å². The molecule has 0 amide bonds.